The Morgan fingerprint density at radius 2 is 1.96 bits per heavy atom. The van der Waals surface area contributed by atoms with Crippen molar-refractivity contribution in [2.24, 2.45) is 0 Å². The van der Waals surface area contributed by atoms with Crippen molar-refractivity contribution in [2.75, 3.05) is 5.32 Å². The van der Waals surface area contributed by atoms with Gasteiger partial charge in [-0.25, -0.2) is 15.0 Å². The summed E-state index contributed by atoms with van der Waals surface area (Å²) in [6.07, 6.45) is 1.67. The van der Waals surface area contributed by atoms with E-state index in [0.717, 1.165) is 26.7 Å². The number of hydrogen-bond acceptors (Lipinski definition) is 5. The van der Waals surface area contributed by atoms with Crippen LogP contribution in [0.3, 0.4) is 0 Å². The minimum Gasteiger partial charge on any atom is -0.295 e. The molecule has 0 aliphatic rings. The Morgan fingerprint density at radius 1 is 1.09 bits per heavy atom. The summed E-state index contributed by atoms with van der Waals surface area (Å²) in [6, 6.07) is 13.6. The molecule has 0 saturated heterocycles. The molecule has 1 N–H and O–H groups in total. The predicted molar refractivity (Wildman–Crippen MR) is 91.8 cm³/mol. The maximum atomic E-state index is 12.3. The highest BCUT2D eigenvalue weighted by Crippen LogP contribution is 2.25. The minimum absolute atomic E-state index is 0.139. The lowest BCUT2D eigenvalue weighted by atomic mass is 10.2. The van der Waals surface area contributed by atoms with Gasteiger partial charge in [-0.1, -0.05) is 35.1 Å². The standard InChI is InChI=1S/C17H12N4OS/c1-10-6-7-12-11(8-10)9-18-15(19-12)16(22)21-17-20-13-4-2-3-5-14(13)23-17/h2-9H,1H3,(H,20,21,22). The molecule has 2 heterocycles. The second-order valence-electron chi connectivity index (χ2n) is 5.20. The molecule has 4 aromatic rings. The molecule has 0 aliphatic carbocycles. The number of para-hydroxylation sites is 1. The molecule has 0 fully saturated rings. The molecule has 1 amide bonds. The van der Waals surface area contributed by atoms with Crippen LogP contribution in [0.4, 0.5) is 5.13 Å². The van der Waals surface area contributed by atoms with Gasteiger partial charge in [-0.15, -0.1) is 0 Å². The summed E-state index contributed by atoms with van der Waals surface area (Å²) in [6.45, 7) is 2.01. The van der Waals surface area contributed by atoms with Gasteiger partial charge in [0.05, 0.1) is 15.7 Å². The highest BCUT2D eigenvalue weighted by atomic mass is 32.1. The molecule has 0 saturated carbocycles. The van der Waals surface area contributed by atoms with E-state index in [1.165, 1.54) is 11.3 Å². The summed E-state index contributed by atoms with van der Waals surface area (Å²) in [7, 11) is 0. The van der Waals surface area contributed by atoms with Crippen molar-refractivity contribution in [3.63, 3.8) is 0 Å². The molecule has 0 bridgehead atoms. The SMILES string of the molecule is Cc1ccc2nc(C(=O)Nc3nc4ccccc4s3)ncc2c1. The first-order valence-electron chi connectivity index (χ1n) is 7.09. The molecule has 6 heteroatoms. The Bertz CT molecular complexity index is 1010. The number of rotatable bonds is 2. The number of benzene rings is 2. The number of anilines is 1. The average molecular weight is 320 g/mol. The third-order valence-electron chi connectivity index (χ3n) is 3.45. The van der Waals surface area contributed by atoms with Crippen LogP contribution in [0.5, 0.6) is 0 Å². The van der Waals surface area contributed by atoms with Crippen molar-refractivity contribution in [3.8, 4) is 0 Å². The molecular formula is C17H12N4OS. The van der Waals surface area contributed by atoms with Crippen molar-refractivity contribution in [1.29, 1.82) is 0 Å². The quantitative estimate of drug-likeness (QED) is 0.610. The lowest BCUT2D eigenvalue weighted by Gasteiger charge is -2.02. The molecule has 5 nitrogen and oxygen atoms in total. The van der Waals surface area contributed by atoms with E-state index >= 15 is 0 Å². The Kier molecular flexibility index (Phi) is 3.24. The topological polar surface area (TPSA) is 67.8 Å². The van der Waals surface area contributed by atoms with E-state index in [2.05, 4.69) is 20.3 Å². The first-order chi connectivity index (χ1) is 11.2. The molecule has 0 radical (unpaired) electrons. The van der Waals surface area contributed by atoms with E-state index in [4.69, 9.17) is 0 Å². The van der Waals surface area contributed by atoms with E-state index in [1.807, 2.05) is 49.4 Å². The number of aryl methyl sites for hydroxylation is 1. The molecule has 112 valence electrons. The number of carbonyl (C=O) groups excluding carboxylic acids is 1. The summed E-state index contributed by atoms with van der Waals surface area (Å²) in [4.78, 5) is 25.2. The van der Waals surface area contributed by atoms with Gasteiger partial charge in [-0.3, -0.25) is 10.1 Å². The van der Waals surface area contributed by atoms with Crippen LogP contribution >= 0.6 is 11.3 Å². The molecule has 2 aromatic heterocycles. The van der Waals surface area contributed by atoms with Crippen LogP contribution in [0.15, 0.2) is 48.7 Å². The normalized spacial score (nSPS) is 11.0. The monoisotopic (exact) mass is 320 g/mol. The number of amides is 1. The zero-order valence-electron chi connectivity index (χ0n) is 12.3. The Labute approximate surface area is 136 Å². The van der Waals surface area contributed by atoms with E-state index in [9.17, 15) is 4.79 Å². The number of carbonyl (C=O) groups is 1. The first-order valence-corrected chi connectivity index (χ1v) is 7.91. The molecule has 0 unspecified atom stereocenters. The van der Waals surface area contributed by atoms with Gasteiger partial charge in [0, 0.05) is 11.6 Å². The van der Waals surface area contributed by atoms with Crippen LogP contribution in [0, 0.1) is 6.92 Å². The van der Waals surface area contributed by atoms with Gasteiger partial charge in [0.15, 0.2) is 5.13 Å². The van der Waals surface area contributed by atoms with Gasteiger partial charge in [-0.2, -0.15) is 0 Å². The average Bonchev–Trinajstić information content (AvgIpc) is 2.96. The van der Waals surface area contributed by atoms with E-state index in [0.29, 0.717) is 5.13 Å². The minimum atomic E-state index is -0.355. The maximum absolute atomic E-state index is 12.3. The predicted octanol–water partition coefficient (Wildman–Crippen LogP) is 3.80. The van der Waals surface area contributed by atoms with Crippen LogP contribution in [-0.4, -0.2) is 20.9 Å². The molecule has 4 rings (SSSR count). The summed E-state index contributed by atoms with van der Waals surface area (Å²) in [5.41, 5.74) is 2.75. The molecule has 0 spiro atoms. The van der Waals surface area contributed by atoms with E-state index in [1.54, 1.807) is 6.20 Å². The zero-order chi connectivity index (χ0) is 15.8. The van der Waals surface area contributed by atoms with Crippen LogP contribution in [0.1, 0.15) is 16.2 Å². The maximum Gasteiger partial charge on any atom is 0.295 e. The van der Waals surface area contributed by atoms with Gasteiger partial charge in [0.1, 0.15) is 0 Å². The van der Waals surface area contributed by atoms with Crippen molar-refractivity contribution in [2.45, 2.75) is 6.92 Å². The zero-order valence-corrected chi connectivity index (χ0v) is 13.1. The third kappa shape index (κ3) is 2.64. The van der Waals surface area contributed by atoms with Gasteiger partial charge in [-0.05, 0) is 31.2 Å². The van der Waals surface area contributed by atoms with Crippen LogP contribution in [-0.2, 0) is 0 Å². The number of hydrogen-bond donors (Lipinski definition) is 1. The lowest BCUT2D eigenvalue weighted by Crippen LogP contribution is -2.15. The van der Waals surface area contributed by atoms with E-state index in [-0.39, 0.29) is 11.7 Å². The smallest absolute Gasteiger partial charge is 0.295 e. The summed E-state index contributed by atoms with van der Waals surface area (Å²) >= 11 is 1.43. The van der Waals surface area contributed by atoms with Gasteiger partial charge in [0.25, 0.3) is 5.91 Å². The number of nitrogens with zero attached hydrogens (tertiary/aromatic N) is 3. The highest BCUT2D eigenvalue weighted by molar-refractivity contribution is 7.22. The van der Waals surface area contributed by atoms with Crippen LogP contribution in [0.25, 0.3) is 21.1 Å². The van der Waals surface area contributed by atoms with Crippen molar-refractivity contribution in [3.05, 3.63) is 60.0 Å². The largest absolute Gasteiger partial charge is 0.295 e. The molecule has 23 heavy (non-hydrogen) atoms. The second kappa shape index (κ2) is 5.40. The molecule has 0 atom stereocenters. The van der Waals surface area contributed by atoms with Crippen LogP contribution < -0.4 is 5.32 Å². The lowest BCUT2D eigenvalue weighted by molar-refractivity contribution is 0.101. The fraction of sp³-hybridized carbons (Fsp3) is 0.0588. The van der Waals surface area contributed by atoms with Crippen LogP contribution in [0.2, 0.25) is 0 Å². The highest BCUT2D eigenvalue weighted by Gasteiger charge is 2.13. The Hall–Kier alpha value is -2.86. The van der Waals surface area contributed by atoms with Gasteiger partial charge in [0.2, 0.25) is 5.82 Å². The Balaban J connectivity index is 1.64. The van der Waals surface area contributed by atoms with Crippen molar-refractivity contribution in [1.82, 2.24) is 15.0 Å². The molecule has 2 aromatic carbocycles. The fourth-order valence-corrected chi connectivity index (χ4v) is 3.20. The number of fused-ring (bicyclic) bond motifs is 2. The second-order valence-corrected chi connectivity index (χ2v) is 6.23. The Morgan fingerprint density at radius 3 is 2.83 bits per heavy atom. The van der Waals surface area contributed by atoms with Gasteiger partial charge >= 0.3 is 0 Å². The number of thiazole rings is 1. The van der Waals surface area contributed by atoms with Gasteiger partial charge < -0.3 is 0 Å². The third-order valence-corrected chi connectivity index (χ3v) is 4.40. The van der Waals surface area contributed by atoms with Crippen molar-refractivity contribution < 1.29 is 4.79 Å². The molecule has 0 aliphatic heterocycles. The molecular weight excluding hydrogens is 308 g/mol. The summed E-state index contributed by atoms with van der Waals surface area (Å²) in [5.74, 6) is -0.216. The summed E-state index contributed by atoms with van der Waals surface area (Å²) < 4.78 is 1.03. The number of nitrogens with one attached hydrogen (secondary N) is 1. The first kappa shape index (κ1) is 13.8. The van der Waals surface area contributed by atoms with E-state index < -0.39 is 0 Å². The fourth-order valence-electron chi connectivity index (χ4n) is 2.34. The van der Waals surface area contributed by atoms with Crippen molar-refractivity contribution >= 4 is 43.5 Å². The summed E-state index contributed by atoms with van der Waals surface area (Å²) in [5, 5.41) is 4.23. The number of aromatic nitrogens is 3.